The third-order valence-electron chi connectivity index (χ3n) is 6.29. The van der Waals surface area contributed by atoms with Gasteiger partial charge in [0.05, 0.1) is 34.8 Å². The number of amides is 1. The minimum absolute atomic E-state index is 0.0102. The molecule has 0 radical (unpaired) electrons. The molecule has 9 nitrogen and oxygen atoms in total. The number of H-pyrrole nitrogens is 1. The first-order valence-corrected chi connectivity index (χ1v) is 12.3. The van der Waals surface area contributed by atoms with Crippen molar-refractivity contribution in [2.75, 3.05) is 17.7 Å². The number of halogens is 4. The molecule has 3 N–H and O–H groups in total. The topological polar surface area (TPSA) is 131 Å². The van der Waals surface area contributed by atoms with Gasteiger partial charge >= 0.3 is 6.18 Å². The van der Waals surface area contributed by atoms with Crippen LogP contribution in [0, 0.1) is 17.1 Å². The molecule has 0 bridgehead atoms. The Kier molecular flexibility index (Phi) is 8.19. The van der Waals surface area contributed by atoms with Crippen molar-refractivity contribution in [1.82, 2.24) is 15.0 Å². The quantitative estimate of drug-likeness (QED) is 0.162. The lowest BCUT2D eigenvalue weighted by atomic mass is 9.84. The minimum Gasteiger partial charge on any atom is -0.341 e. The number of nitrogens with one attached hydrogen (secondary N) is 3. The summed E-state index contributed by atoms with van der Waals surface area (Å²) in [4.78, 5) is 32.7. The van der Waals surface area contributed by atoms with Gasteiger partial charge < -0.3 is 15.6 Å². The number of benzene rings is 2. The van der Waals surface area contributed by atoms with Gasteiger partial charge in [0.25, 0.3) is 5.91 Å². The van der Waals surface area contributed by atoms with E-state index in [1.165, 1.54) is 44.6 Å². The molecule has 2 heterocycles. The Balaban J connectivity index is 1.67. The molecule has 0 aliphatic heterocycles. The van der Waals surface area contributed by atoms with E-state index in [1.54, 1.807) is 19.2 Å². The van der Waals surface area contributed by atoms with E-state index in [0.29, 0.717) is 40.4 Å². The van der Waals surface area contributed by atoms with Crippen LogP contribution in [0.15, 0.2) is 71.0 Å². The highest BCUT2D eigenvalue weighted by Crippen LogP contribution is 2.34. The van der Waals surface area contributed by atoms with Crippen LogP contribution in [0.1, 0.15) is 46.6 Å². The number of carbonyl (C=O) groups is 1. The molecule has 0 saturated heterocycles. The molecule has 4 rings (SSSR count). The average Bonchev–Trinajstić information content (AvgIpc) is 3.44. The summed E-state index contributed by atoms with van der Waals surface area (Å²) in [5, 5.41) is 14.8. The van der Waals surface area contributed by atoms with Gasteiger partial charge in [-0.05, 0) is 74.7 Å². The SMILES string of the molecule is C=Nc1nc[nH]c1C(=NC)c1cccnc1Nc1ccc(F)c(NC(=O)c2cc(C(F)(F)F)cc(C(C)(C)C#N)c2)c1. The first-order valence-electron chi connectivity index (χ1n) is 12.3. The Bertz CT molecular complexity index is 1730. The second-order valence-corrected chi connectivity index (χ2v) is 9.54. The van der Waals surface area contributed by atoms with E-state index in [-0.39, 0.29) is 16.8 Å². The van der Waals surface area contributed by atoms with E-state index in [2.05, 4.69) is 42.3 Å². The highest BCUT2D eigenvalue weighted by Gasteiger charge is 2.34. The molecule has 0 aliphatic rings. The Morgan fingerprint density at radius 3 is 2.50 bits per heavy atom. The third kappa shape index (κ3) is 6.17. The number of nitriles is 1. The number of aliphatic imine (C=N–C) groups is 2. The van der Waals surface area contributed by atoms with Crippen molar-refractivity contribution in [3.63, 3.8) is 0 Å². The number of rotatable bonds is 8. The highest BCUT2D eigenvalue weighted by atomic mass is 19.4. The van der Waals surface area contributed by atoms with Crippen LogP contribution < -0.4 is 10.6 Å². The summed E-state index contributed by atoms with van der Waals surface area (Å²) in [6, 6.07) is 11.8. The summed E-state index contributed by atoms with van der Waals surface area (Å²) in [7, 11) is 1.57. The Labute approximate surface area is 238 Å². The summed E-state index contributed by atoms with van der Waals surface area (Å²) < 4.78 is 55.6. The highest BCUT2D eigenvalue weighted by molar-refractivity contribution is 6.16. The number of nitrogens with zero attached hydrogens (tertiary/aromatic N) is 5. The predicted octanol–water partition coefficient (Wildman–Crippen LogP) is 6.56. The fraction of sp³-hybridized carbons (Fsp3) is 0.172. The second-order valence-electron chi connectivity index (χ2n) is 9.54. The zero-order valence-corrected chi connectivity index (χ0v) is 22.6. The number of alkyl halides is 3. The van der Waals surface area contributed by atoms with Gasteiger partial charge in [-0.15, -0.1) is 0 Å². The standard InChI is InChI=1S/C29H24F4N8O/c1-28(2,14-34)17-10-16(11-18(12-17)29(31,32)33)27(42)41-22-13-19(7-8-21(22)30)40-25-20(6-5-9-37-25)23(35-3)24-26(36-4)39-15-38-24/h5-13,15H,4H2,1-3H3,(H,37,40)(H,38,39)(H,41,42). The number of aromatic amines is 1. The molecule has 0 saturated carbocycles. The Morgan fingerprint density at radius 2 is 1.83 bits per heavy atom. The monoisotopic (exact) mass is 576 g/mol. The van der Waals surface area contributed by atoms with Crippen LogP contribution in [-0.2, 0) is 11.6 Å². The van der Waals surface area contributed by atoms with Gasteiger partial charge in [0.2, 0.25) is 0 Å². The van der Waals surface area contributed by atoms with Crippen LogP contribution in [0.2, 0.25) is 0 Å². The third-order valence-corrected chi connectivity index (χ3v) is 6.29. The molecule has 1 amide bonds. The zero-order valence-electron chi connectivity index (χ0n) is 22.6. The minimum atomic E-state index is -4.77. The summed E-state index contributed by atoms with van der Waals surface area (Å²) in [6.07, 6.45) is -1.80. The maximum Gasteiger partial charge on any atom is 0.416 e. The van der Waals surface area contributed by atoms with Gasteiger partial charge in [-0.25, -0.2) is 19.4 Å². The van der Waals surface area contributed by atoms with Gasteiger partial charge in [0, 0.05) is 30.1 Å². The number of anilines is 3. The summed E-state index contributed by atoms with van der Waals surface area (Å²) >= 11 is 0. The molecule has 2 aromatic carbocycles. The fourth-order valence-electron chi connectivity index (χ4n) is 4.02. The molecule has 214 valence electrons. The maximum atomic E-state index is 14.8. The average molecular weight is 577 g/mol. The molecule has 13 heteroatoms. The molecule has 0 spiro atoms. The molecular weight excluding hydrogens is 552 g/mol. The fourth-order valence-corrected chi connectivity index (χ4v) is 4.02. The van der Waals surface area contributed by atoms with Crippen molar-refractivity contribution in [3.8, 4) is 6.07 Å². The van der Waals surface area contributed by atoms with Crippen molar-refractivity contribution < 1.29 is 22.4 Å². The van der Waals surface area contributed by atoms with E-state index in [9.17, 15) is 27.6 Å². The number of pyridine rings is 1. The van der Waals surface area contributed by atoms with E-state index in [0.717, 1.165) is 12.1 Å². The van der Waals surface area contributed by atoms with E-state index >= 15 is 0 Å². The largest absolute Gasteiger partial charge is 0.416 e. The molecule has 0 atom stereocenters. The van der Waals surface area contributed by atoms with Crippen LogP contribution in [-0.4, -0.2) is 40.3 Å². The van der Waals surface area contributed by atoms with Crippen molar-refractivity contribution in [1.29, 1.82) is 5.26 Å². The lowest BCUT2D eigenvalue weighted by Crippen LogP contribution is -2.20. The number of hydrogen-bond donors (Lipinski definition) is 3. The van der Waals surface area contributed by atoms with Gasteiger partial charge in [0.1, 0.15) is 17.3 Å². The van der Waals surface area contributed by atoms with Crippen LogP contribution in [0.5, 0.6) is 0 Å². The molecule has 42 heavy (non-hydrogen) atoms. The number of aromatic nitrogens is 3. The van der Waals surface area contributed by atoms with Crippen LogP contribution >= 0.6 is 0 Å². The lowest BCUT2D eigenvalue weighted by molar-refractivity contribution is -0.137. The Morgan fingerprint density at radius 1 is 1.10 bits per heavy atom. The van der Waals surface area contributed by atoms with E-state index in [1.807, 2.05) is 6.07 Å². The smallest absolute Gasteiger partial charge is 0.341 e. The van der Waals surface area contributed by atoms with Crippen molar-refractivity contribution in [2.24, 2.45) is 9.98 Å². The maximum absolute atomic E-state index is 14.8. The van der Waals surface area contributed by atoms with Crippen LogP contribution in [0.25, 0.3) is 0 Å². The van der Waals surface area contributed by atoms with Gasteiger partial charge in [-0.2, -0.15) is 18.4 Å². The number of imidazole rings is 1. The second kappa shape index (κ2) is 11.6. The van der Waals surface area contributed by atoms with Gasteiger partial charge in [-0.1, -0.05) is 0 Å². The van der Waals surface area contributed by atoms with E-state index < -0.39 is 28.9 Å². The molecule has 4 aromatic rings. The van der Waals surface area contributed by atoms with Crippen LogP contribution in [0.4, 0.5) is 40.6 Å². The van der Waals surface area contributed by atoms with E-state index in [4.69, 9.17) is 0 Å². The normalized spacial score (nSPS) is 12.0. The molecule has 0 aliphatic carbocycles. The summed E-state index contributed by atoms with van der Waals surface area (Å²) in [6.45, 7) is 6.37. The molecular formula is C29H24F4N8O. The molecule has 0 unspecified atom stereocenters. The molecule has 2 aromatic heterocycles. The van der Waals surface area contributed by atoms with Crippen molar-refractivity contribution >= 4 is 41.3 Å². The first kappa shape index (κ1) is 29.6. The molecule has 0 fully saturated rings. The Hall–Kier alpha value is -5.38. The van der Waals surface area contributed by atoms with Crippen molar-refractivity contribution in [2.45, 2.75) is 25.4 Å². The lowest BCUT2D eigenvalue weighted by Gasteiger charge is -2.19. The predicted molar refractivity (Wildman–Crippen MR) is 151 cm³/mol. The van der Waals surface area contributed by atoms with Crippen molar-refractivity contribution in [3.05, 3.63) is 94.8 Å². The number of carbonyl (C=O) groups excluding carboxylic acids is 1. The first-order chi connectivity index (χ1) is 19.9. The summed E-state index contributed by atoms with van der Waals surface area (Å²) in [5.74, 6) is -1.16. The summed E-state index contributed by atoms with van der Waals surface area (Å²) in [5.41, 5.74) is -1.30. The van der Waals surface area contributed by atoms with Gasteiger partial charge in [-0.3, -0.25) is 9.79 Å². The zero-order chi connectivity index (χ0) is 30.7. The van der Waals surface area contributed by atoms with Crippen LogP contribution in [0.3, 0.4) is 0 Å². The van der Waals surface area contributed by atoms with Gasteiger partial charge in [0.15, 0.2) is 5.82 Å². The number of hydrogen-bond acceptors (Lipinski definition) is 7.